The van der Waals surface area contributed by atoms with Gasteiger partial charge >= 0.3 is 5.97 Å². The second-order valence-electron chi connectivity index (χ2n) is 7.99. The molecular formula is C20H26N4O7. The number of carboxylic acid groups (broad SMARTS) is 1. The molecule has 31 heavy (non-hydrogen) atoms. The highest BCUT2D eigenvalue weighted by atomic mass is 16.5. The van der Waals surface area contributed by atoms with Crippen LogP contribution in [0.5, 0.6) is 5.75 Å². The van der Waals surface area contributed by atoms with Crippen molar-refractivity contribution in [2.24, 2.45) is 0 Å². The Balaban J connectivity index is 1.48. The maximum Gasteiger partial charge on any atom is 0.341 e. The SMILES string of the molecule is O=C(O)c1cn2c(c(O)c1=O)C(=O)N1CCCN(CCCC(=O)N3CCOCC3)C1C2. The Morgan fingerprint density at radius 1 is 1.13 bits per heavy atom. The van der Waals surface area contributed by atoms with Gasteiger partial charge in [0.1, 0.15) is 11.7 Å². The topological polar surface area (TPSA) is 133 Å². The van der Waals surface area contributed by atoms with E-state index >= 15 is 0 Å². The maximum atomic E-state index is 13.0. The standard InChI is InChI=1S/C20H26N4O7/c25-15(22-7-9-31-10-8-22)3-1-4-21-5-2-6-24-14(21)12-23-11-13(20(29)30)17(26)18(27)16(23)19(24)28/h11,14,27H,1-10,12H2,(H,29,30). The molecule has 2 N–H and O–H groups in total. The van der Waals surface area contributed by atoms with Crippen LogP contribution in [0, 0.1) is 0 Å². The van der Waals surface area contributed by atoms with Crippen molar-refractivity contribution >= 4 is 17.8 Å². The zero-order chi connectivity index (χ0) is 22.1. The highest BCUT2D eigenvalue weighted by molar-refractivity contribution is 5.97. The van der Waals surface area contributed by atoms with Crippen LogP contribution in [0.15, 0.2) is 11.0 Å². The first-order chi connectivity index (χ1) is 14.9. The summed E-state index contributed by atoms with van der Waals surface area (Å²) in [5, 5.41) is 19.5. The molecule has 0 aromatic carbocycles. The Morgan fingerprint density at radius 3 is 2.58 bits per heavy atom. The minimum atomic E-state index is -1.45. The highest BCUT2D eigenvalue weighted by Gasteiger charge is 2.40. The fraction of sp³-hybridized carbons (Fsp3) is 0.600. The zero-order valence-corrected chi connectivity index (χ0v) is 17.2. The van der Waals surface area contributed by atoms with Gasteiger partial charge in [0.25, 0.3) is 5.91 Å². The summed E-state index contributed by atoms with van der Waals surface area (Å²) in [6.07, 6.45) is 2.58. The first kappa shape index (κ1) is 21.3. The number of aromatic hydroxyl groups is 1. The van der Waals surface area contributed by atoms with E-state index in [1.807, 2.05) is 0 Å². The van der Waals surface area contributed by atoms with Gasteiger partial charge < -0.3 is 29.3 Å². The molecule has 1 aromatic rings. The summed E-state index contributed by atoms with van der Waals surface area (Å²) in [4.78, 5) is 54.4. The Morgan fingerprint density at radius 2 is 1.87 bits per heavy atom. The molecule has 3 aliphatic heterocycles. The third-order valence-electron chi connectivity index (χ3n) is 6.14. The number of ether oxygens (including phenoxy) is 1. The van der Waals surface area contributed by atoms with Gasteiger partial charge in [0.15, 0.2) is 11.4 Å². The molecule has 1 atom stereocenters. The van der Waals surface area contributed by atoms with E-state index in [2.05, 4.69) is 4.90 Å². The second-order valence-corrected chi connectivity index (χ2v) is 7.99. The van der Waals surface area contributed by atoms with Gasteiger partial charge in [0.05, 0.1) is 19.8 Å². The number of aromatic carboxylic acids is 1. The number of amides is 2. The number of nitrogens with zero attached hydrogens (tertiary/aromatic N) is 4. The van der Waals surface area contributed by atoms with Crippen LogP contribution in [-0.4, -0.2) is 99.4 Å². The van der Waals surface area contributed by atoms with Crippen LogP contribution in [0.4, 0.5) is 0 Å². The molecule has 2 saturated heterocycles. The lowest BCUT2D eigenvalue weighted by atomic mass is 10.1. The molecule has 0 radical (unpaired) electrons. The first-order valence-corrected chi connectivity index (χ1v) is 10.5. The summed E-state index contributed by atoms with van der Waals surface area (Å²) < 4.78 is 6.63. The average Bonchev–Trinajstić information content (AvgIpc) is 2.77. The number of morpholine rings is 1. The van der Waals surface area contributed by atoms with Gasteiger partial charge in [-0.2, -0.15) is 0 Å². The Kier molecular flexibility index (Phi) is 5.96. The van der Waals surface area contributed by atoms with E-state index < -0.39 is 28.6 Å². The van der Waals surface area contributed by atoms with Gasteiger partial charge in [-0.15, -0.1) is 0 Å². The fourth-order valence-electron chi connectivity index (χ4n) is 4.54. The first-order valence-electron chi connectivity index (χ1n) is 10.5. The molecule has 3 aliphatic rings. The van der Waals surface area contributed by atoms with E-state index in [0.717, 1.165) is 19.2 Å². The molecule has 0 saturated carbocycles. The lowest BCUT2D eigenvalue weighted by Crippen LogP contribution is -2.61. The lowest BCUT2D eigenvalue weighted by molar-refractivity contribution is -0.135. The molecule has 168 valence electrons. The molecule has 4 heterocycles. The molecule has 11 nitrogen and oxygen atoms in total. The van der Waals surface area contributed by atoms with Crippen LogP contribution in [0.3, 0.4) is 0 Å². The van der Waals surface area contributed by atoms with E-state index in [-0.39, 0.29) is 24.3 Å². The molecule has 11 heteroatoms. The van der Waals surface area contributed by atoms with E-state index in [1.54, 1.807) is 9.80 Å². The monoisotopic (exact) mass is 434 g/mol. The molecular weight excluding hydrogens is 408 g/mol. The van der Waals surface area contributed by atoms with E-state index in [1.165, 1.54) is 4.57 Å². The predicted octanol–water partition coefficient (Wildman–Crippen LogP) is -0.621. The van der Waals surface area contributed by atoms with Crippen LogP contribution in [0.1, 0.15) is 40.1 Å². The average molecular weight is 434 g/mol. The Bertz CT molecular complexity index is 954. The van der Waals surface area contributed by atoms with E-state index in [0.29, 0.717) is 52.2 Å². The fourth-order valence-corrected chi connectivity index (χ4v) is 4.54. The largest absolute Gasteiger partial charge is 0.503 e. The number of carbonyl (C=O) groups is 3. The highest BCUT2D eigenvalue weighted by Crippen LogP contribution is 2.28. The molecule has 2 amide bonds. The van der Waals surface area contributed by atoms with Crippen molar-refractivity contribution < 1.29 is 29.3 Å². The summed E-state index contributed by atoms with van der Waals surface area (Å²) in [5.41, 5.74) is -1.79. The third-order valence-corrected chi connectivity index (χ3v) is 6.14. The van der Waals surface area contributed by atoms with Crippen molar-refractivity contribution in [1.29, 1.82) is 0 Å². The smallest absolute Gasteiger partial charge is 0.341 e. The van der Waals surface area contributed by atoms with Gasteiger partial charge in [-0.3, -0.25) is 19.3 Å². The van der Waals surface area contributed by atoms with Crippen LogP contribution >= 0.6 is 0 Å². The van der Waals surface area contributed by atoms with Crippen LogP contribution in [0.2, 0.25) is 0 Å². The number of rotatable bonds is 5. The van der Waals surface area contributed by atoms with Crippen molar-refractivity contribution in [2.75, 3.05) is 45.9 Å². The number of hydrogen-bond acceptors (Lipinski definition) is 7. The number of fused-ring (bicyclic) bond motifs is 2. The molecule has 1 aromatic heterocycles. The quantitative estimate of drug-likeness (QED) is 0.627. The molecule has 1 unspecified atom stereocenters. The summed E-state index contributed by atoms with van der Waals surface area (Å²) in [6.45, 7) is 4.42. The molecule has 0 bridgehead atoms. The van der Waals surface area contributed by atoms with E-state index in [9.17, 15) is 29.4 Å². The number of pyridine rings is 1. The molecule has 0 spiro atoms. The van der Waals surface area contributed by atoms with Crippen LogP contribution in [0.25, 0.3) is 0 Å². The van der Waals surface area contributed by atoms with Crippen molar-refractivity contribution in [3.8, 4) is 5.75 Å². The van der Waals surface area contributed by atoms with Crippen molar-refractivity contribution in [3.05, 3.63) is 27.7 Å². The van der Waals surface area contributed by atoms with Crippen LogP contribution < -0.4 is 5.43 Å². The Hall–Kier alpha value is -2.92. The van der Waals surface area contributed by atoms with Gasteiger partial charge in [0, 0.05) is 45.3 Å². The maximum absolute atomic E-state index is 13.0. The third kappa shape index (κ3) is 4.02. The Labute approximate surface area is 178 Å². The minimum absolute atomic E-state index is 0.0932. The predicted molar refractivity (Wildman–Crippen MR) is 107 cm³/mol. The zero-order valence-electron chi connectivity index (χ0n) is 17.2. The normalized spacial score (nSPS) is 21.5. The number of carboxylic acids is 1. The summed E-state index contributed by atoms with van der Waals surface area (Å²) in [7, 11) is 0. The summed E-state index contributed by atoms with van der Waals surface area (Å²) in [6, 6.07) is 0. The van der Waals surface area contributed by atoms with E-state index in [4.69, 9.17) is 4.74 Å². The summed E-state index contributed by atoms with van der Waals surface area (Å²) in [5.74, 6) is -2.67. The van der Waals surface area contributed by atoms with Crippen LogP contribution in [-0.2, 0) is 16.1 Å². The van der Waals surface area contributed by atoms with Crippen molar-refractivity contribution in [3.63, 3.8) is 0 Å². The van der Waals surface area contributed by atoms with Gasteiger partial charge in [-0.1, -0.05) is 0 Å². The second kappa shape index (κ2) is 8.67. The van der Waals surface area contributed by atoms with Gasteiger partial charge in [0.2, 0.25) is 11.3 Å². The number of aromatic nitrogens is 1. The van der Waals surface area contributed by atoms with Gasteiger partial charge in [-0.05, 0) is 12.8 Å². The minimum Gasteiger partial charge on any atom is -0.503 e. The van der Waals surface area contributed by atoms with Gasteiger partial charge in [-0.25, -0.2) is 4.79 Å². The van der Waals surface area contributed by atoms with Crippen molar-refractivity contribution in [2.45, 2.75) is 32.0 Å². The summed E-state index contributed by atoms with van der Waals surface area (Å²) >= 11 is 0. The lowest BCUT2D eigenvalue weighted by Gasteiger charge is -2.47. The number of hydrogen-bond donors (Lipinski definition) is 2. The number of carbonyl (C=O) groups excluding carboxylic acids is 2. The molecule has 4 rings (SSSR count). The van der Waals surface area contributed by atoms with Crippen molar-refractivity contribution in [1.82, 2.24) is 19.3 Å². The molecule has 2 fully saturated rings. The molecule has 0 aliphatic carbocycles.